The number of para-hydroxylation sites is 1. The fraction of sp³-hybridized carbons (Fsp3) is 0.118. The second-order valence-corrected chi connectivity index (χ2v) is 5.14. The molecule has 2 N–H and O–H groups in total. The molecule has 0 aliphatic carbocycles. The van der Waals surface area contributed by atoms with E-state index in [4.69, 9.17) is 10.5 Å². The molecule has 0 unspecified atom stereocenters. The van der Waals surface area contributed by atoms with E-state index in [0.29, 0.717) is 6.54 Å². The second kappa shape index (κ2) is 6.30. The normalized spacial score (nSPS) is 10.3. The molecule has 0 spiro atoms. The highest BCUT2D eigenvalue weighted by Crippen LogP contribution is 2.26. The Morgan fingerprint density at radius 1 is 1.42 bits per heavy atom. The van der Waals surface area contributed by atoms with Gasteiger partial charge in [-0.2, -0.15) is 5.26 Å². The molecule has 0 radical (unpaired) electrons. The predicted molar refractivity (Wildman–Crippen MR) is 87.6 cm³/mol. The van der Waals surface area contributed by atoms with Crippen LogP contribution in [0.3, 0.4) is 0 Å². The van der Waals surface area contributed by atoms with Gasteiger partial charge in [-0.1, -0.05) is 18.2 Å². The molecule has 2 aromatic heterocycles. The van der Waals surface area contributed by atoms with Crippen LogP contribution in [0.1, 0.15) is 21.6 Å². The zero-order valence-corrected chi connectivity index (χ0v) is 13.0. The number of ether oxygens (including phenoxy) is 1. The van der Waals surface area contributed by atoms with Gasteiger partial charge in [0.2, 0.25) is 0 Å². The molecule has 1 aromatic carbocycles. The van der Waals surface area contributed by atoms with Gasteiger partial charge in [0.25, 0.3) is 0 Å². The average Bonchev–Trinajstić information content (AvgIpc) is 3.22. The molecule has 120 valence electrons. The largest absolute Gasteiger partial charge is 0.464 e. The summed E-state index contributed by atoms with van der Waals surface area (Å²) >= 11 is 0. The topological polar surface area (TPSA) is 98.9 Å². The van der Waals surface area contributed by atoms with Crippen molar-refractivity contribution >= 4 is 11.7 Å². The molecule has 0 saturated heterocycles. The number of nitriles is 1. The molecule has 7 heteroatoms. The monoisotopic (exact) mass is 321 g/mol. The Hall–Kier alpha value is -3.53. The molecule has 0 amide bonds. The number of carbonyl (C=O) groups is 1. The minimum absolute atomic E-state index is 0.113. The van der Waals surface area contributed by atoms with Crippen molar-refractivity contribution in [1.29, 1.82) is 5.26 Å². The Kier molecular flexibility index (Phi) is 4.03. The van der Waals surface area contributed by atoms with Crippen molar-refractivity contribution in [3.8, 4) is 11.8 Å². The maximum Gasteiger partial charge on any atom is 0.357 e. The predicted octanol–water partition coefficient (Wildman–Crippen LogP) is 1.96. The smallest absolute Gasteiger partial charge is 0.357 e. The van der Waals surface area contributed by atoms with Crippen LogP contribution >= 0.6 is 0 Å². The molecular formula is C17H15N5O2. The van der Waals surface area contributed by atoms with Crippen LogP contribution in [-0.4, -0.2) is 27.2 Å². The lowest BCUT2D eigenvalue weighted by molar-refractivity contribution is 0.0593. The molecule has 0 saturated carbocycles. The van der Waals surface area contributed by atoms with E-state index in [-0.39, 0.29) is 16.9 Å². The number of hydrogen-bond acceptors (Lipinski definition) is 5. The van der Waals surface area contributed by atoms with Gasteiger partial charge in [0.15, 0.2) is 5.69 Å². The Labute approximate surface area is 138 Å². The summed E-state index contributed by atoms with van der Waals surface area (Å²) in [6.45, 7) is 0.566. The number of nitrogens with two attached hydrogens (primary N) is 1. The number of esters is 1. The zero-order chi connectivity index (χ0) is 17.1. The van der Waals surface area contributed by atoms with Crippen LogP contribution in [-0.2, 0) is 11.3 Å². The van der Waals surface area contributed by atoms with E-state index in [1.54, 1.807) is 23.3 Å². The maximum absolute atomic E-state index is 12.1. The average molecular weight is 321 g/mol. The second-order valence-electron chi connectivity index (χ2n) is 5.14. The number of imidazole rings is 1. The molecule has 7 nitrogen and oxygen atoms in total. The fourth-order valence-electron chi connectivity index (χ4n) is 2.56. The van der Waals surface area contributed by atoms with Gasteiger partial charge in [-0.05, 0) is 11.6 Å². The molecular weight excluding hydrogens is 306 g/mol. The summed E-state index contributed by atoms with van der Waals surface area (Å²) in [6, 6.07) is 9.57. The summed E-state index contributed by atoms with van der Waals surface area (Å²) in [5.41, 5.74) is 8.14. The number of methoxy groups -OCH3 is 1. The summed E-state index contributed by atoms with van der Waals surface area (Å²) < 4.78 is 8.33. The molecule has 3 rings (SSSR count). The van der Waals surface area contributed by atoms with Crippen LogP contribution in [0.25, 0.3) is 5.69 Å². The first kappa shape index (κ1) is 15.4. The Bertz CT molecular complexity index is 919. The van der Waals surface area contributed by atoms with Crippen LogP contribution in [0.4, 0.5) is 5.69 Å². The first-order chi connectivity index (χ1) is 11.7. The summed E-state index contributed by atoms with van der Waals surface area (Å²) in [5, 5.41) is 9.23. The van der Waals surface area contributed by atoms with E-state index in [1.165, 1.54) is 7.11 Å². The number of aromatic nitrogens is 3. The molecule has 24 heavy (non-hydrogen) atoms. The summed E-state index contributed by atoms with van der Waals surface area (Å²) in [7, 11) is 1.28. The van der Waals surface area contributed by atoms with Crippen molar-refractivity contribution in [3.63, 3.8) is 0 Å². The highest BCUT2D eigenvalue weighted by molar-refractivity contribution is 5.96. The number of benzene rings is 1. The number of nitrogen functional groups attached to an aromatic ring is 1. The van der Waals surface area contributed by atoms with Gasteiger partial charge in [0, 0.05) is 18.6 Å². The number of anilines is 1. The highest BCUT2D eigenvalue weighted by Gasteiger charge is 2.22. The van der Waals surface area contributed by atoms with E-state index in [0.717, 1.165) is 11.3 Å². The van der Waals surface area contributed by atoms with Crippen LogP contribution in [0.15, 0.2) is 49.2 Å². The third-order valence-corrected chi connectivity index (χ3v) is 3.71. The van der Waals surface area contributed by atoms with Crippen molar-refractivity contribution in [2.75, 3.05) is 12.8 Å². The third kappa shape index (κ3) is 2.61. The summed E-state index contributed by atoms with van der Waals surface area (Å²) in [6.07, 6.45) is 6.81. The van der Waals surface area contributed by atoms with Crippen molar-refractivity contribution in [2.24, 2.45) is 0 Å². The lowest BCUT2D eigenvalue weighted by atomic mass is 10.1. The quantitative estimate of drug-likeness (QED) is 0.741. The van der Waals surface area contributed by atoms with Crippen molar-refractivity contribution in [1.82, 2.24) is 14.1 Å². The minimum Gasteiger partial charge on any atom is -0.464 e. The SMILES string of the molecule is COC(=O)c1c(N)c(C#N)cn1-c1ccccc1Cn1ccnc1. The third-order valence-electron chi connectivity index (χ3n) is 3.71. The highest BCUT2D eigenvalue weighted by atomic mass is 16.5. The fourth-order valence-corrected chi connectivity index (χ4v) is 2.56. The number of rotatable bonds is 4. The van der Waals surface area contributed by atoms with Gasteiger partial charge in [-0.25, -0.2) is 9.78 Å². The lowest BCUT2D eigenvalue weighted by Gasteiger charge is -2.14. The molecule has 0 aliphatic rings. The van der Waals surface area contributed by atoms with Crippen molar-refractivity contribution in [3.05, 3.63) is 66.0 Å². The van der Waals surface area contributed by atoms with Gasteiger partial charge < -0.3 is 19.6 Å². The van der Waals surface area contributed by atoms with Gasteiger partial charge >= 0.3 is 5.97 Å². The standard InChI is InChI=1S/C17H15N5O2/c1-24-17(23)16-15(19)13(8-18)10-22(16)14-5-3-2-4-12(14)9-21-7-6-20-11-21/h2-7,10-11H,9,19H2,1H3. The summed E-state index contributed by atoms with van der Waals surface area (Å²) in [4.78, 5) is 16.2. The molecule has 2 heterocycles. The van der Waals surface area contributed by atoms with Crippen LogP contribution in [0.2, 0.25) is 0 Å². The van der Waals surface area contributed by atoms with Crippen LogP contribution < -0.4 is 5.73 Å². The molecule has 0 bridgehead atoms. The Morgan fingerprint density at radius 3 is 2.88 bits per heavy atom. The lowest BCUT2D eigenvalue weighted by Crippen LogP contribution is -2.13. The van der Waals surface area contributed by atoms with Gasteiger partial charge in [0.05, 0.1) is 36.9 Å². The minimum atomic E-state index is -0.591. The Balaban J connectivity index is 2.16. The number of nitrogens with zero attached hydrogens (tertiary/aromatic N) is 4. The van der Waals surface area contributed by atoms with E-state index in [9.17, 15) is 10.1 Å². The molecule has 0 atom stereocenters. The molecule has 0 aliphatic heterocycles. The maximum atomic E-state index is 12.1. The van der Waals surface area contributed by atoms with Crippen LogP contribution in [0.5, 0.6) is 0 Å². The van der Waals surface area contributed by atoms with Crippen molar-refractivity contribution in [2.45, 2.75) is 6.54 Å². The van der Waals surface area contributed by atoms with Gasteiger partial charge in [0.1, 0.15) is 6.07 Å². The number of carbonyl (C=O) groups excluding carboxylic acids is 1. The zero-order valence-electron chi connectivity index (χ0n) is 13.0. The van der Waals surface area contributed by atoms with E-state index in [1.807, 2.05) is 41.1 Å². The number of hydrogen-bond donors (Lipinski definition) is 1. The van der Waals surface area contributed by atoms with E-state index >= 15 is 0 Å². The first-order valence-corrected chi connectivity index (χ1v) is 7.19. The molecule has 3 aromatic rings. The van der Waals surface area contributed by atoms with Gasteiger partial charge in [-0.3, -0.25) is 0 Å². The first-order valence-electron chi connectivity index (χ1n) is 7.19. The van der Waals surface area contributed by atoms with E-state index in [2.05, 4.69) is 4.98 Å². The van der Waals surface area contributed by atoms with Crippen LogP contribution in [0, 0.1) is 11.3 Å². The van der Waals surface area contributed by atoms with E-state index < -0.39 is 5.97 Å². The van der Waals surface area contributed by atoms with Gasteiger partial charge in [-0.15, -0.1) is 0 Å². The molecule has 0 fully saturated rings. The Morgan fingerprint density at radius 2 is 2.21 bits per heavy atom. The summed E-state index contributed by atoms with van der Waals surface area (Å²) in [5.74, 6) is -0.591. The van der Waals surface area contributed by atoms with Crippen molar-refractivity contribution < 1.29 is 9.53 Å².